The molecule has 1 saturated carbocycles. The lowest BCUT2D eigenvalue weighted by Gasteiger charge is -2.31. The topological polar surface area (TPSA) is 98.3 Å². The van der Waals surface area contributed by atoms with Crippen molar-refractivity contribution >= 4 is 22.9 Å². The van der Waals surface area contributed by atoms with E-state index in [1.165, 1.54) is 4.90 Å². The number of likely N-dealkylation sites (tertiary alicyclic amines) is 1. The van der Waals surface area contributed by atoms with Crippen molar-refractivity contribution in [2.45, 2.75) is 19.3 Å². The molecule has 24 heavy (non-hydrogen) atoms. The first-order chi connectivity index (χ1) is 11.6. The summed E-state index contributed by atoms with van der Waals surface area (Å²) in [5.41, 5.74) is 1.69. The Morgan fingerprint density at radius 3 is 2.92 bits per heavy atom. The highest BCUT2D eigenvalue weighted by atomic mass is 16.4. The summed E-state index contributed by atoms with van der Waals surface area (Å²) in [6, 6.07) is 3.66. The fraction of sp³-hybridized carbons (Fsp3) is 0.471. The van der Waals surface area contributed by atoms with E-state index in [0.717, 1.165) is 30.2 Å². The Kier molecular flexibility index (Phi) is 3.44. The maximum atomic E-state index is 12.3. The second-order valence-corrected chi connectivity index (χ2v) is 6.89. The van der Waals surface area contributed by atoms with Gasteiger partial charge in [-0.25, -0.2) is 4.79 Å². The van der Waals surface area contributed by atoms with Crippen LogP contribution in [0.15, 0.2) is 24.5 Å². The molecule has 2 aliphatic rings. The molecule has 1 unspecified atom stereocenters. The van der Waals surface area contributed by atoms with Crippen LogP contribution in [0.4, 0.5) is 4.79 Å². The third-order valence-electron chi connectivity index (χ3n) is 5.56. The molecule has 3 heterocycles. The fourth-order valence-electron chi connectivity index (χ4n) is 3.88. The largest absolute Gasteiger partial charge is 0.465 e. The molecule has 3 N–H and O–H groups in total. The highest BCUT2D eigenvalue weighted by Crippen LogP contribution is 2.59. The molecular weight excluding hydrogens is 308 g/mol. The van der Waals surface area contributed by atoms with Gasteiger partial charge in [-0.15, -0.1) is 0 Å². The Bertz CT molecular complexity index is 759. The van der Waals surface area contributed by atoms with Crippen molar-refractivity contribution in [2.75, 3.05) is 19.6 Å². The second kappa shape index (κ2) is 5.51. The molecule has 4 rings (SSSR count). The third kappa shape index (κ3) is 2.60. The quantitative estimate of drug-likeness (QED) is 0.803. The highest BCUT2D eigenvalue weighted by Gasteiger charge is 2.54. The van der Waals surface area contributed by atoms with Crippen molar-refractivity contribution in [1.82, 2.24) is 20.2 Å². The number of hydrogen-bond acceptors (Lipinski definition) is 3. The second-order valence-electron chi connectivity index (χ2n) is 6.89. The van der Waals surface area contributed by atoms with Crippen LogP contribution in [-0.4, -0.2) is 51.6 Å². The van der Waals surface area contributed by atoms with Crippen molar-refractivity contribution in [3.05, 3.63) is 30.2 Å². The lowest BCUT2D eigenvalue weighted by atomic mass is 9.91. The predicted molar refractivity (Wildman–Crippen MR) is 87.8 cm³/mol. The lowest BCUT2D eigenvalue weighted by molar-refractivity contribution is 0.0942. The van der Waals surface area contributed by atoms with E-state index in [9.17, 15) is 9.59 Å². The number of nitrogens with zero attached hydrogens (tertiary/aromatic N) is 2. The number of pyridine rings is 1. The number of H-pyrrole nitrogens is 1. The fourth-order valence-corrected chi connectivity index (χ4v) is 3.88. The number of carbonyl (C=O) groups is 2. The third-order valence-corrected chi connectivity index (χ3v) is 5.56. The standard InChI is InChI=1S/C17H20N4O3/c22-15(14-7-11-9-18-4-1-13(11)20-14)19-10-12-8-17(12)2-5-21(6-3-17)16(23)24/h1,4,7,9,12,20H,2-3,5-6,8,10H2,(H,19,22)(H,23,24). The molecule has 1 spiro atoms. The van der Waals surface area contributed by atoms with Crippen molar-refractivity contribution in [2.24, 2.45) is 11.3 Å². The van der Waals surface area contributed by atoms with E-state index < -0.39 is 6.09 Å². The summed E-state index contributed by atoms with van der Waals surface area (Å²) >= 11 is 0. The smallest absolute Gasteiger partial charge is 0.407 e. The number of piperidine rings is 1. The molecule has 2 aromatic rings. The molecule has 1 aliphatic heterocycles. The normalized spacial score (nSPS) is 21.8. The van der Waals surface area contributed by atoms with Crippen LogP contribution in [-0.2, 0) is 0 Å². The van der Waals surface area contributed by atoms with Gasteiger partial charge in [0.25, 0.3) is 5.91 Å². The Hall–Kier alpha value is -2.57. The van der Waals surface area contributed by atoms with E-state index in [1.54, 1.807) is 12.4 Å². The first-order valence-corrected chi connectivity index (χ1v) is 8.26. The van der Waals surface area contributed by atoms with Gasteiger partial charge in [-0.2, -0.15) is 0 Å². The van der Waals surface area contributed by atoms with Crippen LogP contribution in [0.25, 0.3) is 10.9 Å². The maximum absolute atomic E-state index is 12.3. The van der Waals surface area contributed by atoms with Crippen LogP contribution < -0.4 is 5.32 Å². The predicted octanol–water partition coefficient (Wildman–Crippen LogP) is 2.07. The maximum Gasteiger partial charge on any atom is 0.407 e. The van der Waals surface area contributed by atoms with Crippen molar-refractivity contribution in [3.8, 4) is 0 Å². The minimum Gasteiger partial charge on any atom is -0.465 e. The van der Waals surface area contributed by atoms with Gasteiger partial charge in [-0.1, -0.05) is 0 Å². The number of fused-ring (bicyclic) bond motifs is 1. The number of hydrogen-bond donors (Lipinski definition) is 3. The monoisotopic (exact) mass is 328 g/mol. The molecule has 1 atom stereocenters. The summed E-state index contributed by atoms with van der Waals surface area (Å²) in [4.78, 5) is 31.9. The van der Waals surface area contributed by atoms with Crippen LogP contribution in [0.5, 0.6) is 0 Å². The number of carboxylic acid groups (broad SMARTS) is 1. The highest BCUT2D eigenvalue weighted by molar-refractivity contribution is 5.97. The average molecular weight is 328 g/mol. The zero-order valence-corrected chi connectivity index (χ0v) is 13.3. The van der Waals surface area contributed by atoms with E-state index in [4.69, 9.17) is 5.11 Å². The minimum absolute atomic E-state index is 0.101. The van der Waals surface area contributed by atoms with Crippen LogP contribution in [0.3, 0.4) is 0 Å². The Morgan fingerprint density at radius 1 is 1.42 bits per heavy atom. The summed E-state index contributed by atoms with van der Waals surface area (Å²) in [5.74, 6) is 0.361. The van der Waals surface area contributed by atoms with Gasteiger partial charge < -0.3 is 20.3 Å². The molecule has 2 fully saturated rings. The number of rotatable bonds is 3. The first-order valence-electron chi connectivity index (χ1n) is 8.26. The molecule has 7 nitrogen and oxygen atoms in total. The van der Waals surface area contributed by atoms with Crippen molar-refractivity contribution < 1.29 is 14.7 Å². The van der Waals surface area contributed by atoms with Gasteiger partial charge in [0.1, 0.15) is 5.69 Å². The number of carbonyl (C=O) groups excluding carboxylic acids is 1. The molecule has 0 radical (unpaired) electrons. The summed E-state index contributed by atoms with van der Waals surface area (Å²) in [5, 5.41) is 12.9. The summed E-state index contributed by atoms with van der Waals surface area (Å²) in [7, 11) is 0. The number of amides is 2. The van der Waals surface area contributed by atoms with Crippen LogP contribution >= 0.6 is 0 Å². The van der Waals surface area contributed by atoms with Gasteiger partial charge >= 0.3 is 6.09 Å². The van der Waals surface area contributed by atoms with Gasteiger partial charge in [-0.05, 0) is 42.7 Å². The molecule has 2 amide bonds. The summed E-state index contributed by atoms with van der Waals surface area (Å²) < 4.78 is 0. The van der Waals surface area contributed by atoms with Crippen LogP contribution in [0, 0.1) is 11.3 Å². The Labute approximate surface area is 139 Å². The molecule has 7 heteroatoms. The van der Waals surface area contributed by atoms with Gasteiger partial charge in [-0.3, -0.25) is 9.78 Å². The van der Waals surface area contributed by atoms with Gasteiger partial charge in [0.2, 0.25) is 0 Å². The molecule has 2 aromatic heterocycles. The average Bonchev–Trinajstić information content (AvgIpc) is 3.06. The molecule has 0 bridgehead atoms. The SMILES string of the molecule is O=C(NCC1CC12CCN(C(=O)O)CC2)c1cc2cnccc2[nH]1. The summed E-state index contributed by atoms with van der Waals surface area (Å²) in [6.45, 7) is 1.86. The molecule has 1 aliphatic carbocycles. The van der Waals surface area contributed by atoms with E-state index in [1.807, 2.05) is 12.1 Å². The lowest BCUT2D eigenvalue weighted by Crippen LogP contribution is -2.39. The van der Waals surface area contributed by atoms with Gasteiger partial charge in [0, 0.05) is 42.9 Å². The first kappa shape index (κ1) is 15.0. The van der Waals surface area contributed by atoms with E-state index in [2.05, 4.69) is 15.3 Å². The van der Waals surface area contributed by atoms with Gasteiger partial charge in [0.05, 0.1) is 0 Å². The summed E-state index contributed by atoms with van der Waals surface area (Å²) in [6.07, 6.45) is 5.48. The minimum atomic E-state index is -0.830. The molecular formula is C17H20N4O3. The zero-order valence-electron chi connectivity index (χ0n) is 13.3. The number of nitrogens with one attached hydrogen (secondary N) is 2. The molecule has 1 saturated heterocycles. The van der Waals surface area contributed by atoms with E-state index >= 15 is 0 Å². The van der Waals surface area contributed by atoms with Crippen LogP contribution in [0.2, 0.25) is 0 Å². The Morgan fingerprint density at radius 2 is 2.21 bits per heavy atom. The van der Waals surface area contributed by atoms with Crippen molar-refractivity contribution in [1.29, 1.82) is 0 Å². The number of aromatic amines is 1. The Balaban J connectivity index is 1.32. The zero-order chi connectivity index (χ0) is 16.7. The van der Waals surface area contributed by atoms with E-state index in [0.29, 0.717) is 31.2 Å². The molecule has 126 valence electrons. The van der Waals surface area contributed by atoms with Gasteiger partial charge in [0.15, 0.2) is 0 Å². The van der Waals surface area contributed by atoms with Crippen molar-refractivity contribution in [3.63, 3.8) is 0 Å². The van der Waals surface area contributed by atoms with Crippen LogP contribution in [0.1, 0.15) is 29.8 Å². The number of aromatic nitrogens is 2. The van der Waals surface area contributed by atoms with E-state index in [-0.39, 0.29) is 11.3 Å². The molecule has 0 aromatic carbocycles.